The number of benzene rings is 2. The zero-order chi connectivity index (χ0) is 10.5. The van der Waals surface area contributed by atoms with Gasteiger partial charge in [-0.25, -0.2) is 0 Å². The van der Waals surface area contributed by atoms with Gasteiger partial charge in [0.05, 0.1) is 5.69 Å². The number of hydrazine groups is 1. The van der Waals surface area contributed by atoms with Gasteiger partial charge in [-0.15, -0.1) is 0 Å². The van der Waals surface area contributed by atoms with Crippen molar-refractivity contribution in [1.82, 2.24) is 5.59 Å². The highest BCUT2D eigenvalue weighted by Crippen LogP contribution is 2.44. The van der Waals surface area contributed by atoms with E-state index in [1.807, 2.05) is 24.3 Å². The van der Waals surface area contributed by atoms with Crippen molar-refractivity contribution in [3.63, 3.8) is 0 Å². The number of anilines is 1. The molecule has 4 rings (SSSR count). The summed E-state index contributed by atoms with van der Waals surface area (Å²) < 4.78 is 0. The van der Waals surface area contributed by atoms with Crippen molar-refractivity contribution in [3.8, 4) is 5.75 Å². The highest BCUT2D eigenvalue weighted by Gasteiger charge is 2.21. The van der Waals surface area contributed by atoms with Crippen LogP contribution in [0.1, 0.15) is 5.56 Å². The van der Waals surface area contributed by atoms with Gasteiger partial charge in [-0.05, 0) is 16.8 Å². The van der Waals surface area contributed by atoms with Crippen molar-refractivity contribution in [1.29, 1.82) is 0 Å². The predicted molar refractivity (Wildman–Crippen MR) is 62.6 cm³/mol. The van der Waals surface area contributed by atoms with Crippen molar-refractivity contribution in [2.45, 2.75) is 0 Å². The SMILES string of the molecule is C1=Cc2c3c(cc4ccccc24)ONN3[N-]1. The van der Waals surface area contributed by atoms with Crippen LogP contribution in [-0.4, -0.2) is 0 Å². The molecule has 4 heteroatoms. The molecule has 2 aromatic rings. The third-order valence-corrected chi connectivity index (χ3v) is 2.90. The normalized spacial score (nSPS) is 15.9. The average molecular weight is 210 g/mol. The molecule has 0 atom stereocenters. The molecule has 0 radical (unpaired) electrons. The Balaban J connectivity index is 2.19. The summed E-state index contributed by atoms with van der Waals surface area (Å²) in [4.78, 5) is 5.37. The van der Waals surface area contributed by atoms with Gasteiger partial charge in [-0.3, -0.25) is 0 Å². The van der Waals surface area contributed by atoms with Gasteiger partial charge in [0.15, 0.2) is 5.75 Å². The Labute approximate surface area is 92.0 Å². The summed E-state index contributed by atoms with van der Waals surface area (Å²) in [5, 5.41) is 4.04. The first kappa shape index (κ1) is 8.01. The van der Waals surface area contributed by atoms with E-state index in [0.29, 0.717) is 0 Å². The molecule has 16 heavy (non-hydrogen) atoms. The fraction of sp³-hybridized carbons (Fsp3) is 0. The van der Waals surface area contributed by atoms with Crippen molar-refractivity contribution in [2.24, 2.45) is 0 Å². The first-order valence-corrected chi connectivity index (χ1v) is 5.09. The molecular formula is C12H8N3O-. The number of hydrogen-bond donors (Lipinski definition) is 1. The van der Waals surface area contributed by atoms with Crippen LogP contribution in [0.15, 0.2) is 36.5 Å². The summed E-state index contributed by atoms with van der Waals surface area (Å²) in [7, 11) is 0. The van der Waals surface area contributed by atoms with Gasteiger partial charge in [0.1, 0.15) is 0 Å². The lowest BCUT2D eigenvalue weighted by Crippen LogP contribution is -2.31. The van der Waals surface area contributed by atoms with Crippen LogP contribution in [-0.2, 0) is 0 Å². The lowest BCUT2D eigenvalue weighted by Gasteiger charge is -2.34. The van der Waals surface area contributed by atoms with Crippen LogP contribution < -0.4 is 15.5 Å². The molecule has 78 valence electrons. The summed E-state index contributed by atoms with van der Waals surface area (Å²) in [5.74, 6) is 0.821. The maximum atomic E-state index is 5.37. The smallest absolute Gasteiger partial charge is 0.174 e. The van der Waals surface area contributed by atoms with Gasteiger partial charge in [-0.1, -0.05) is 35.9 Å². The molecule has 4 nitrogen and oxygen atoms in total. The Morgan fingerprint density at radius 3 is 3.19 bits per heavy atom. The lowest BCUT2D eigenvalue weighted by molar-refractivity contribution is 0.223. The molecule has 2 heterocycles. The highest BCUT2D eigenvalue weighted by molar-refractivity contribution is 6.00. The molecule has 0 spiro atoms. The molecule has 0 aliphatic carbocycles. The summed E-state index contributed by atoms with van der Waals surface area (Å²) in [6.07, 6.45) is 3.77. The first-order valence-electron chi connectivity index (χ1n) is 5.09. The summed E-state index contributed by atoms with van der Waals surface area (Å²) in [5.41, 5.74) is 9.05. The van der Waals surface area contributed by atoms with Gasteiger partial charge in [0.2, 0.25) is 0 Å². The summed E-state index contributed by atoms with van der Waals surface area (Å²) in [6, 6.07) is 10.3. The molecule has 2 aliphatic heterocycles. The standard InChI is InChI=1S/C12H8N3O/c1-2-4-9-8(3-1)7-11-12-10(9)5-6-13-15(12)14-16-11/h1-7,14H/q-1. The van der Waals surface area contributed by atoms with Crippen molar-refractivity contribution >= 4 is 22.5 Å². The average Bonchev–Trinajstić information content (AvgIpc) is 2.75. The van der Waals surface area contributed by atoms with Gasteiger partial charge < -0.3 is 15.4 Å². The van der Waals surface area contributed by atoms with Crippen LogP contribution in [0, 0.1) is 0 Å². The van der Waals surface area contributed by atoms with Crippen molar-refractivity contribution in [3.05, 3.63) is 47.5 Å². The minimum Gasteiger partial charge on any atom is -0.582 e. The Morgan fingerprint density at radius 1 is 1.25 bits per heavy atom. The third kappa shape index (κ3) is 0.869. The largest absolute Gasteiger partial charge is 0.582 e. The Kier molecular flexibility index (Phi) is 1.34. The molecule has 2 aromatic carbocycles. The first-order chi connectivity index (χ1) is 7.93. The van der Waals surface area contributed by atoms with E-state index >= 15 is 0 Å². The second-order valence-electron chi connectivity index (χ2n) is 3.79. The van der Waals surface area contributed by atoms with Crippen molar-refractivity contribution in [2.75, 3.05) is 5.12 Å². The van der Waals surface area contributed by atoms with E-state index < -0.39 is 0 Å². The third-order valence-electron chi connectivity index (χ3n) is 2.90. The number of nitrogens with one attached hydrogen (secondary N) is 1. The van der Waals surface area contributed by atoms with E-state index in [1.165, 1.54) is 10.8 Å². The molecule has 0 saturated heterocycles. The molecule has 0 aromatic heterocycles. The van der Waals surface area contributed by atoms with Crippen LogP contribution in [0.3, 0.4) is 0 Å². The summed E-state index contributed by atoms with van der Waals surface area (Å²) >= 11 is 0. The topological polar surface area (TPSA) is 38.6 Å². The second-order valence-corrected chi connectivity index (χ2v) is 3.79. The van der Waals surface area contributed by atoms with Gasteiger partial charge in [-0.2, -0.15) is 6.20 Å². The number of nitrogens with zero attached hydrogens (tertiary/aromatic N) is 2. The molecule has 0 bridgehead atoms. The van der Waals surface area contributed by atoms with Gasteiger partial charge >= 0.3 is 0 Å². The second kappa shape index (κ2) is 2.68. The van der Waals surface area contributed by atoms with E-state index in [4.69, 9.17) is 4.84 Å². The maximum Gasteiger partial charge on any atom is 0.174 e. The van der Waals surface area contributed by atoms with E-state index in [2.05, 4.69) is 23.1 Å². The molecule has 0 amide bonds. The van der Waals surface area contributed by atoms with E-state index in [0.717, 1.165) is 17.0 Å². The van der Waals surface area contributed by atoms with Crippen LogP contribution in [0.4, 0.5) is 5.69 Å². The minimum absolute atomic E-state index is 0.821. The van der Waals surface area contributed by atoms with E-state index in [-0.39, 0.29) is 0 Å². The molecule has 0 fully saturated rings. The Morgan fingerprint density at radius 2 is 2.19 bits per heavy atom. The molecule has 0 saturated carbocycles. The van der Waals surface area contributed by atoms with Crippen LogP contribution in [0.5, 0.6) is 5.75 Å². The van der Waals surface area contributed by atoms with E-state index in [9.17, 15) is 0 Å². The number of fused-ring (bicyclic) bond motifs is 2. The number of hydrogen-bond acceptors (Lipinski definition) is 3. The predicted octanol–water partition coefficient (Wildman–Crippen LogP) is 2.73. The summed E-state index contributed by atoms with van der Waals surface area (Å²) in [6.45, 7) is 0. The maximum absolute atomic E-state index is 5.37. The quantitative estimate of drug-likeness (QED) is 0.726. The van der Waals surface area contributed by atoms with Crippen molar-refractivity contribution < 1.29 is 4.84 Å². The van der Waals surface area contributed by atoms with Gasteiger partial charge in [0.25, 0.3) is 0 Å². The minimum atomic E-state index is 0.821. The zero-order valence-electron chi connectivity index (χ0n) is 8.34. The molecule has 1 N–H and O–H groups in total. The molecule has 0 unspecified atom stereocenters. The zero-order valence-corrected chi connectivity index (χ0v) is 8.34. The Bertz CT molecular complexity index is 621. The Hall–Kier alpha value is -2.20. The monoisotopic (exact) mass is 210 g/mol. The van der Waals surface area contributed by atoms with Crippen LogP contribution in [0.25, 0.3) is 22.3 Å². The van der Waals surface area contributed by atoms with Crippen LogP contribution in [0.2, 0.25) is 0 Å². The fourth-order valence-electron chi connectivity index (χ4n) is 2.20. The fourth-order valence-corrected chi connectivity index (χ4v) is 2.20. The number of rotatable bonds is 0. The van der Waals surface area contributed by atoms with Crippen LogP contribution >= 0.6 is 0 Å². The highest BCUT2D eigenvalue weighted by atomic mass is 16.7. The molecule has 2 aliphatic rings. The molecular weight excluding hydrogens is 202 g/mol. The van der Waals surface area contributed by atoms with Gasteiger partial charge in [0, 0.05) is 5.56 Å². The van der Waals surface area contributed by atoms with E-state index in [1.54, 1.807) is 11.3 Å². The lowest BCUT2D eigenvalue weighted by atomic mass is 10.0.